The van der Waals surface area contributed by atoms with Crippen LogP contribution in [0.15, 0.2) is 0 Å². The molecule has 0 radical (unpaired) electrons. The Morgan fingerprint density at radius 2 is 2.29 bits per heavy atom. The Morgan fingerprint density at radius 1 is 1.64 bits per heavy atom. The minimum atomic E-state index is -0.987. The number of carboxylic acids is 1. The highest BCUT2D eigenvalue weighted by Gasteiger charge is 2.26. The number of aryl methyl sites for hydroxylation is 1. The van der Waals surface area contributed by atoms with Crippen molar-refractivity contribution < 1.29 is 9.90 Å². The molecule has 1 aromatic heterocycles. The van der Waals surface area contributed by atoms with E-state index in [0.717, 1.165) is 0 Å². The molecule has 78 valence electrons. The van der Waals surface area contributed by atoms with Gasteiger partial charge in [-0.1, -0.05) is 0 Å². The van der Waals surface area contributed by atoms with E-state index in [2.05, 4.69) is 20.7 Å². The molecule has 0 fully saturated rings. The molecule has 0 saturated heterocycles. The molecule has 0 saturated carbocycles. The summed E-state index contributed by atoms with van der Waals surface area (Å²) in [6, 6.07) is 0. The fourth-order valence-electron chi connectivity index (χ4n) is 0.770. The summed E-state index contributed by atoms with van der Waals surface area (Å²) in [5.41, 5.74) is -0.987. The molecule has 0 atom stereocenters. The minimum absolute atomic E-state index is 0.285. The van der Waals surface area contributed by atoms with Gasteiger partial charge in [-0.2, -0.15) is 4.80 Å². The summed E-state index contributed by atoms with van der Waals surface area (Å²) >= 11 is 0. The van der Waals surface area contributed by atoms with Crippen molar-refractivity contribution >= 4 is 5.97 Å². The lowest BCUT2D eigenvalue weighted by Crippen LogP contribution is -2.46. The number of hydrogen-bond acceptors (Lipinski definition) is 5. The van der Waals surface area contributed by atoms with Gasteiger partial charge in [0, 0.05) is 0 Å². The SMILES string of the molecule is Cn1nnc(CNC(C)(C)C(=O)O)n1. The van der Waals surface area contributed by atoms with Crippen molar-refractivity contribution in [3.8, 4) is 0 Å². The number of hydrogen-bond donors (Lipinski definition) is 2. The van der Waals surface area contributed by atoms with Gasteiger partial charge in [0.05, 0.1) is 13.6 Å². The zero-order chi connectivity index (χ0) is 10.8. The van der Waals surface area contributed by atoms with Crippen LogP contribution in [-0.4, -0.2) is 36.8 Å². The summed E-state index contributed by atoms with van der Waals surface area (Å²) in [5.74, 6) is -0.441. The fraction of sp³-hybridized carbons (Fsp3) is 0.714. The van der Waals surface area contributed by atoms with E-state index in [-0.39, 0.29) is 6.54 Å². The van der Waals surface area contributed by atoms with Gasteiger partial charge in [0.1, 0.15) is 5.54 Å². The highest BCUT2D eigenvalue weighted by molar-refractivity contribution is 5.77. The van der Waals surface area contributed by atoms with Gasteiger partial charge in [-0.05, 0) is 19.1 Å². The number of nitrogens with zero attached hydrogens (tertiary/aromatic N) is 4. The molecule has 0 unspecified atom stereocenters. The highest BCUT2D eigenvalue weighted by atomic mass is 16.4. The molecule has 14 heavy (non-hydrogen) atoms. The van der Waals surface area contributed by atoms with Gasteiger partial charge >= 0.3 is 5.97 Å². The molecule has 1 aromatic rings. The average Bonchev–Trinajstić information content (AvgIpc) is 2.48. The number of nitrogens with one attached hydrogen (secondary N) is 1. The van der Waals surface area contributed by atoms with E-state index < -0.39 is 11.5 Å². The lowest BCUT2D eigenvalue weighted by molar-refractivity contribution is -0.143. The van der Waals surface area contributed by atoms with Crippen molar-refractivity contribution in [3.05, 3.63) is 5.82 Å². The highest BCUT2D eigenvalue weighted by Crippen LogP contribution is 2.02. The van der Waals surface area contributed by atoms with Crippen LogP contribution in [0.25, 0.3) is 0 Å². The van der Waals surface area contributed by atoms with Gasteiger partial charge in [0.2, 0.25) is 0 Å². The number of aromatic nitrogens is 4. The van der Waals surface area contributed by atoms with E-state index in [0.29, 0.717) is 5.82 Å². The summed E-state index contributed by atoms with van der Waals surface area (Å²) < 4.78 is 0. The topological polar surface area (TPSA) is 92.9 Å². The van der Waals surface area contributed by atoms with Gasteiger partial charge in [-0.25, -0.2) is 0 Å². The van der Waals surface area contributed by atoms with Crippen LogP contribution in [0.2, 0.25) is 0 Å². The molecule has 0 aliphatic carbocycles. The largest absolute Gasteiger partial charge is 0.480 e. The van der Waals surface area contributed by atoms with Gasteiger partial charge in [-0.3, -0.25) is 10.1 Å². The van der Waals surface area contributed by atoms with Crippen molar-refractivity contribution in [2.45, 2.75) is 25.9 Å². The Morgan fingerprint density at radius 3 is 2.71 bits per heavy atom. The van der Waals surface area contributed by atoms with Crippen LogP contribution in [-0.2, 0) is 18.4 Å². The monoisotopic (exact) mass is 199 g/mol. The molecule has 1 heterocycles. The third kappa shape index (κ3) is 2.49. The van der Waals surface area contributed by atoms with Crippen molar-refractivity contribution in [1.29, 1.82) is 0 Å². The third-order valence-electron chi connectivity index (χ3n) is 1.77. The standard InChI is InChI=1S/C7H13N5O2/c1-7(2,6(13)14)8-4-5-9-11-12(3)10-5/h8H,4H2,1-3H3,(H,13,14). The van der Waals surface area contributed by atoms with Crippen LogP contribution >= 0.6 is 0 Å². The Bertz CT molecular complexity index is 333. The first kappa shape index (κ1) is 10.6. The van der Waals surface area contributed by atoms with Crippen molar-refractivity contribution in [2.75, 3.05) is 0 Å². The van der Waals surface area contributed by atoms with Crippen LogP contribution in [0.4, 0.5) is 0 Å². The fourth-order valence-corrected chi connectivity index (χ4v) is 0.770. The Hall–Kier alpha value is -1.50. The first-order valence-corrected chi connectivity index (χ1v) is 4.13. The summed E-state index contributed by atoms with van der Waals surface area (Å²) in [7, 11) is 1.65. The molecular formula is C7H13N5O2. The molecule has 0 spiro atoms. The maximum Gasteiger partial charge on any atom is 0.323 e. The zero-order valence-corrected chi connectivity index (χ0v) is 8.35. The number of carboxylic acid groups (broad SMARTS) is 1. The van der Waals surface area contributed by atoms with Gasteiger partial charge in [-0.15, -0.1) is 10.2 Å². The average molecular weight is 199 g/mol. The normalized spacial score (nSPS) is 11.6. The second-order valence-electron chi connectivity index (χ2n) is 3.48. The maximum absolute atomic E-state index is 10.7. The third-order valence-corrected chi connectivity index (χ3v) is 1.77. The lowest BCUT2D eigenvalue weighted by atomic mass is 10.1. The summed E-state index contributed by atoms with van der Waals surface area (Å²) in [4.78, 5) is 12.0. The number of aliphatic carboxylic acids is 1. The smallest absolute Gasteiger partial charge is 0.323 e. The quantitative estimate of drug-likeness (QED) is 0.657. The number of tetrazole rings is 1. The molecule has 2 N–H and O–H groups in total. The lowest BCUT2D eigenvalue weighted by Gasteiger charge is -2.19. The zero-order valence-electron chi connectivity index (χ0n) is 8.35. The second kappa shape index (κ2) is 3.70. The van der Waals surface area contributed by atoms with Crippen LogP contribution in [0, 0.1) is 0 Å². The maximum atomic E-state index is 10.7. The first-order chi connectivity index (χ1) is 6.42. The Kier molecular flexibility index (Phi) is 2.80. The predicted octanol–water partition coefficient (Wildman–Crippen LogP) is -0.837. The van der Waals surface area contributed by atoms with Gasteiger partial charge in [0.25, 0.3) is 0 Å². The van der Waals surface area contributed by atoms with Crippen LogP contribution < -0.4 is 5.32 Å². The number of carbonyl (C=O) groups is 1. The van der Waals surface area contributed by atoms with E-state index in [9.17, 15) is 4.79 Å². The minimum Gasteiger partial charge on any atom is -0.480 e. The Balaban J connectivity index is 2.52. The molecule has 0 aromatic carbocycles. The number of rotatable bonds is 4. The second-order valence-corrected chi connectivity index (χ2v) is 3.48. The van der Waals surface area contributed by atoms with Crippen molar-refractivity contribution in [2.24, 2.45) is 7.05 Å². The van der Waals surface area contributed by atoms with E-state index in [1.807, 2.05) is 0 Å². The van der Waals surface area contributed by atoms with E-state index in [4.69, 9.17) is 5.11 Å². The van der Waals surface area contributed by atoms with Gasteiger partial charge < -0.3 is 5.11 Å². The van der Waals surface area contributed by atoms with Crippen LogP contribution in [0.5, 0.6) is 0 Å². The van der Waals surface area contributed by atoms with Crippen molar-refractivity contribution in [3.63, 3.8) is 0 Å². The first-order valence-electron chi connectivity index (χ1n) is 4.13. The molecule has 0 amide bonds. The summed E-state index contributed by atoms with van der Waals surface area (Å²) in [5, 5.41) is 22.9. The molecule has 1 rings (SSSR count). The Labute approximate surface area is 81.1 Å². The van der Waals surface area contributed by atoms with Gasteiger partial charge in [0.15, 0.2) is 5.82 Å². The van der Waals surface area contributed by atoms with Crippen LogP contribution in [0.1, 0.15) is 19.7 Å². The predicted molar refractivity (Wildman–Crippen MR) is 47.4 cm³/mol. The molecule has 7 nitrogen and oxygen atoms in total. The van der Waals surface area contributed by atoms with E-state index in [1.54, 1.807) is 20.9 Å². The molecule has 0 bridgehead atoms. The molecule has 7 heteroatoms. The molecule has 0 aliphatic heterocycles. The van der Waals surface area contributed by atoms with E-state index >= 15 is 0 Å². The van der Waals surface area contributed by atoms with E-state index in [1.165, 1.54) is 4.80 Å². The van der Waals surface area contributed by atoms with Crippen molar-refractivity contribution in [1.82, 2.24) is 25.5 Å². The molecule has 0 aliphatic rings. The van der Waals surface area contributed by atoms with Crippen LogP contribution in [0.3, 0.4) is 0 Å². The molecular weight excluding hydrogens is 186 g/mol. The summed E-state index contributed by atoms with van der Waals surface area (Å²) in [6.07, 6.45) is 0. The summed E-state index contributed by atoms with van der Waals surface area (Å²) in [6.45, 7) is 3.44.